The maximum atomic E-state index is 12.2. The fraction of sp³-hybridized carbons (Fsp3) is 0.429. The highest BCUT2D eigenvalue weighted by Crippen LogP contribution is 2.16. The van der Waals surface area contributed by atoms with Crippen molar-refractivity contribution in [1.29, 1.82) is 0 Å². The van der Waals surface area contributed by atoms with Crippen LogP contribution >= 0.6 is 0 Å². The Morgan fingerprint density at radius 1 is 1.15 bits per heavy atom. The number of hydrogen-bond acceptors (Lipinski definition) is 3. The van der Waals surface area contributed by atoms with E-state index in [1.807, 2.05) is 0 Å². The monoisotopic (exact) mass is 293 g/mol. The molecule has 0 aliphatic carbocycles. The van der Waals surface area contributed by atoms with E-state index < -0.39 is 10.2 Å². The van der Waals surface area contributed by atoms with Crippen LogP contribution in [-0.4, -0.2) is 32.4 Å². The van der Waals surface area contributed by atoms with Gasteiger partial charge in [0.15, 0.2) is 0 Å². The minimum absolute atomic E-state index is 0.309. The largest absolute Gasteiger partial charge is 0.320 e. The normalized spacial score (nSPS) is 16.2. The average Bonchev–Trinajstić information content (AvgIpc) is 2.47. The molecule has 0 bridgehead atoms. The Morgan fingerprint density at radius 2 is 1.80 bits per heavy atom. The van der Waals surface area contributed by atoms with Crippen molar-refractivity contribution in [1.82, 2.24) is 4.31 Å². The van der Waals surface area contributed by atoms with E-state index >= 15 is 0 Å². The van der Waals surface area contributed by atoms with Crippen molar-refractivity contribution >= 4 is 15.9 Å². The van der Waals surface area contributed by atoms with E-state index in [0.29, 0.717) is 25.3 Å². The first-order valence-electron chi connectivity index (χ1n) is 6.69. The number of nitrogens with zero attached hydrogens (tertiary/aromatic N) is 1. The minimum Gasteiger partial charge on any atom is -0.320 e. The summed E-state index contributed by atoms with van der Waals surface area (Å²) < 4.78 is 28.5. The third-order valence-corrected chi connectivity index (χ3v) is 4.66. The number of piperidine rings is 1. The first-order valence-corrected chi connectivity index (χ1v) is 8.13. The smallest absolute Gasteiger partial charge is 0.301 e. The molecule has 3 N–H and O–H groups in total. The maximum absolute atomic E-state index is 12.2. The van der Waals surface area contributed by atoms with Crippen LogP contribution in [0.1, 0.15) is 24.8 Å². The molecule has 2 rings (SSSR count). The van der Waals surface area contributed by atoms with Gasteiger partial charge in [-0.25, -0.2) is 0 Å². The van der Waals surface area contributed by atoms with Gasteiger partial charge in [0, 0.05) is 24.3 Å². The van der Waals surface area contributed by atoms with E-state index in [-0.39, 0.29) is 0 Å². The zero-order valence-electron chi connectivity index (χ0n) is 11.3. The van der Waals surface area contributed by atoms with Crippen LogP contribution in [0, 0.1) is 11.8 Å². The quantitative estimate of drug-likeness (QED) is 0.821. The van der Waals surface area contributed by atoms with Crippen molar-refractivity contribution in [2.24, 2.45) is 5.73 Å². The maximum Gasteiger partial charge on any atom is 0.301 e. The summed E-state index contributed by atoms with van der Waals surface area (Å²) in [6, 6.07) is 6.97. The molecule has 0 unspecified atom stereocenters. The molecule has 20 heavy (non-hydrogen) atoms. The van der Waals surface area contributed by atoms with Gasteiger partial charge >= 0.3 is 10.2 Å². The predicted molar refractivity (Wildman–Crippen MR) is 80.3 cm³/mol. The molecule has 0 radical (unpaired) electrons. The number of anilines is 1. The van der Waals surface area contributed by atoms with Crippen LogP contribution in [0.4, 0.5) is 5.69 Å². The molecular formula is C14H19N3O2S. The van der Waals surface area contributed by atoms with Gasteiger partial charge in [-0.3, -0.25) is 4.72 Å². The van der Waals surface area contributed by atoms with E-state index in [0.717, 1.165) is 24.8 Å². The summed E-state index contributed by atoms with van der Waals surface area (Å²) in [6.45, 7) is 1.49. The van der Waals surface area contributed by atoms with E-state index in [9.17, 15) is 8.42 Å². The van der Waals surface area contributed by atoms with Gasteiger partial charge in [-0.2, -0.15) is 12.7 Å². The lowest BCUT2D eigenvalue weighted by atomic mass is 10.2. The summed E-state index contributed by atoms with van der Waals surface area (Å²) in [5.41, 5.74) is 6.67. The van der Waals surface area contributed by atoms with Crippen LogP contribution in [0.3, 0.4) is 0 Å². The van der Waals surface area contributed by atoms with Crippen molar-refractivity contribution in [3.8, 4) is 11.8 Å². The zero-order valence-corrected chi connectivity index (χ0v) is 12.1. The van der Waals surface area contributed by atoms with Gasteiger partial charge in [0.2, 0.25) is 0 Å². The van der Waals surface area contributed by atoms with Gasteiger partial charge in [-0.1, -0.05) is 18.3 Å². The molecule has 1 saturated heterocycles. The van der Waals surface area contributed by atoms with Crippen molar-refractivity contribution < 1.29 is 8.42 Å². The molecule has 1 aromatic carbocycles. The van der Waals surface area contributed by atoms with Crippen LogP contribution in [0.15, 0.2) is 24.3 Å². The Morgan fingerprint density at radius 3 is 2.40 bits per heavy atom. The Kier molecular flexibility index (Phi) is 5.01. The SMILES string of the molecule is NCC#Cc1ccc(NS(=O)(=O)N2CCCCC2)cc1. The highest BCUT2D eigenvalue weighted by atomic mass is 32.2. The number of nitrogens with two attached hydrogens (primary N) is 1. The van der Waals surface area contributed by atoms with Gasteiger partial charge in [-0.15, -0.1) is 0 Å². The molecule has 5 nitrogen and oxygen atoms in total. The number of hydrogen-bond donors (Lipinski definition) is 2. The van der Waals surface area contributed by atoms with E-state index in [1.54, 1.807) is 24.3 Å². The summed E-state index contributed by atoms with van der Waals surface area (Å²) in [4.78, 5) is 0. The van der Waals surface area contributed by atoms with E-state index in [1.165, 1.54) is 4.31 Å². The van der Waals surface area contributed by atoms with E-state index in [2.05, 4.69) is 16.6 Å². The van der Waals surface area contributed by atoms with Gasteiger partial charge in [0.25, 0.3) is 0 Å². The summed E-state index contributed by atoms with van der Waals surface area (Å²) >= 11 is 0. The topological polar surface area (TPSA) is 75.4 Å². The van der Waals surface area contributed by atoms with Crippen LogP contribution in [0.25, 0.3) is 0 Å². The molecule has 1 aliphatic rings. The second-order valence-electron chi connectivity index (χ2n) is 4.65. The summed E-state index contributed by atoms with van der Waals surface area (Å²) in [7, 11) is -3.44. The molecule has 0 aromatic heterocycles. The lowest BCUT2D eigenvalue weighted by molar-refractivity contribution is 0.349. The van der Waals surface area contributed by atoms with Gasteiger partial charge in [-0.05, 0) is 37.1 Å². The number of nitrogens with one attached hydrogen (secondary N) is 1. The molecule has 1 heterocycles. The molecule has 0 saturated carbocycles. The lowest BCUT2D eigenvalue weighted by Crippen LogP contribution is -2.39. The summed E-state index contributed by atoms with van der Waals surface area (Å²) in [5.74, 6) is 5.65. The van der Waals surface area contributed by atoms with Crippen molar-refractivity contribution in [3.63, 3.8) is 0 Å². The fourth-order valence-electron chi connectivity index (χ4n) is 2.09. The summed E-state index contributed by atoms with van der Waals surface area (Å²) in [5, 5.41) is 0. The number of rotatable bonds is 3. The van der Waals surface area contributed by atoms with Crippen LogP contribution in [0.5, 0.6) is 0 Å². The second kappa shape index (κ2) is 6.75. The van der Waals surface area contributed by atoms with Crippen molar-refractivity contribution in [3.05, 3.63) is 29.8 Å². The van der Waals surface area contributed by atoms with Gasteiger partial charge in [0.05, 0.1) is 6.54 Å². The van der Waals surface area contributed by atoms with Crippen LogP contribution < -0.4 is 10.5 Å². The Hall–Kier alpha value is -1.55. The van der Waals surface area contributed by atoms with Crippen molar-refractivity contribution in [2.75, 3.05) is 24.4 Å². The predicted octanol–water partition coefficient (Wildman–Crippen LogP) is 1.14. The molecule has 1 aliphatic heterocycles. The number of benzene rings is 1. The second-order valence-corrected chi connectivity index (χ2v) is 6.32. The Labute approximate surface area is 120 Å². The first-order chi connectivity index (χ1) is 9.62. The zero-order chi connectivity index (χ0) is 14.4. The van der Waals surface area contributed by atoms with E-state index in [4.69, 9.17) is 5.73 Å². The highest BCUT2D eigenvalue weighted by molar-refractivity contribution is 7.90. The highest BCUT2D eigenvalue weighted by Gasteiger charge is 2.23. The molecule has 1 fully saturated rings. The van der Waals surface area contributed by atoms with Gasteiger partial charge in [0.1, 0.15) is 0 Å². The molecule has 108 valence electrons. The molecule has 0 spiro atoms. The third kappa shape index (κ3) is 3.97. The Balaban J connectivity index is 2.05. The third-order valence-electron chi connectivity index (χ3n) is 3.12. The average molecular weight is 293 g/mol. The van der Waals surface area contributed by atoms with Gasteiger partial charge < -0.3 is 5.73 Å². The molecule has 0 atom stereocenters. The molecule has 6 heteroatoms. The standard InChI is InChI=1S/C14H19N3O2S/c15-10-4-5-13-6-8-14(9-7-13)16-20(18,19)17-11-2-1-3-12-17/h6-9,16H,1-3,10-12,15H2. The summed E-state index contributed by atoms with van der Waals surface area (Å²) in [6.07, 6.45) is 2.95. The first kappa shape index (κ1) is 14.9. The van der Waals surface area contributed by atoms with Crippen LogP contribution in [0.2, 0.25) is 0 Å². The van der Waals surface area contributed by atoms with Crippen molar-refractivity contribution in [2.45, 2.75) is 19.3 Å². The lowest BCUT2D eigenvalue weighted by Gasteiger charge is -2.26. The molecule has 1 aromatic rings. The minimum atomic E-state index is -3.44. The Bertz CT molecular complexity index is 594. The van der Waals surface area contributed by atoms with Crippen LogP contribution in [-0.2, 0) is 10.2 Å². The molecular weight excluding hydrogens is 274 g/mol. The fourth-order valence-corrected chi connectivity index (χ4v) is 3.40. The molecule has 0 amide bonds.